The number of benzene rings is 1. The fourth-order valence-corrected chi connectivity index (χ4v) is 1.64. The second-order valence-electron chi connectivity index (χ2n) is 4.06. The van der Waals surface area contributed by atoms with Gasteiger partial charge in [-0.3, -0.25) is 4.79 Å². The molecule has 5 heteroatoms. The number of likely N-dealkylation sites (N-methyl/N-ethyl adjacent to an activating group) is 1. The Morgan fingerprint density at radius 2 is 1.94 bits per heavy atom. The normalized spacial score (nSPS) is 11.6. The van der Waals surface area contributed by atoms with Gasteiger partial charge in [0.25, 0.3) is 0 Å². The minimum atomic E-state index is -0.661. The third kappa shape index (κ3) is 4.64. The van der Waals surface area contributed by atoms with Crippen molar-refractivity contribution in [1.29, 1.82) is 0 Å². The SMILES string of the molecule is CCN(CC(O)c1ccc(C)cc1)C(=O)CN.Cl. The number of hydrogen-bond acceptors (Lipinski definition) is 3. The first kappa shape index (κ1) is 16.9. The van der Waals surface area contributed by atoms with Gasteiger partial charge in [0.1, 0.15) is 0 Å². The standard InChI is InChI=1S/C13H20N2O2.ClH/c1-3-15(13(17)8-14)9-12(16)11-6-4-10(2)5-7-11;/h4-7,12,16H,3,8-9,14H2,1-2H3;1H. The summed E-state index contributed by atoms with van der Waals surface area (Å²) < 4.78 is 0. The highest BCUT2D eigenvalue weighted by Gasteiger charge is 2.15. The lowest BCUT2D eigenvalue weighted by Gasteiger charge is -2.23. The zero-order valence-electron chi connectivity index (χ0n) is 10.8. The number of hydrogen-bond donors (Lipinski definition) is 2. The topological polar surface area (TPSA) is 66.6 Å². The molecule has 0 aromatic heterocycles. The Labute approximate surface area is 114 Å². The third-order valence-corrected chi connectivity index (χ3v) is 2.76. The first-order chi connectivity index (χ1) is 8.08. The lowest BCUT2D eigenvalue weighted by Crippen LogP contribution is -2.38. The van der Waals surface area contributed by atoms with E-state index in [-0.39, 0.29) is 31.4 Å². The van der Waals surface area contributed by atoms with Crippen LogP contribution in [-0.4, -0.2) is 35.5 Å². The summed E-state index contributed by atoms with van der Waals surface area (Å²) in [4.78, 5) is 13.0. The fraction of sp³-hybridized carbons (Fsp3) is 0.462. The van der Waals surface area contributed by atoms with Crippen LogP contribution in [0.5, 0.6) is 0 Å². The number of nitrogens with two attached hydrogens (primary N) is 1. The Balaban J connectivity index is 0.00000289. The summed E-state index contributed by atoms with van der Waals surface area (Å²) >= 11 is 0. The summed E-state index contributed by atoms with van der Waals surface area (Å²) in [5, 5.41) is 10.0. The molecule has 18 heavy (non-hydrogen) atoms. The van der Waals surface area contributed by atoms with Crippen LogP contribution in [-0.2, 0) is 4.79 Å². The zero-order chi connectivity index (χ0) is 12.8. The monoisotopic (exact) mass is 272 g/mol. The largest absolute Gasteiger partial charge is 0.387 e. The molecule has 1 atom stereocenters. The lowest BCUT2D eigenvalue weighted by molar-refractivity contribution is -0.130. The summed E-state index contributed by atoms with van der Waals surface area (Å²) in [5.74, 6) is -0.140. The van der Waals surface area contributed by atoms with Crippen molar-refractivity contribution in [2.45, 2.75) is 20.0 Å². The van der Waals surface area contributed by atoms with Gasteiger partial charge in [0, 0.05) is 6.54 Å². The number of aliphatic hydroxyl groups is 1. The molecule has 4 nitrogen and oxygen atoms in total. The second-order valence-corrected chi connectivity index (χ2v) is 4.06. The summed E-state index contributed by atoms with van der Waals surface area (Å²) in [6, 6.07) is 7.64. The molecule has 3 N–H and O–H groups in total. The van der Waals surface area contributed by atoms with Crippen molar-refractivity contribution in [2.24, 2.45) is 5.73 Å². The van der Waals surface area contributed by atoms with Crippen molar-refractivity contribution in [2.75, 3.05) is 19.6 Å². The summed E-state index contributed by atoms with van der Waals surface area (Å²) in [5.41, 5.74) is 7.27. The van der Waals surface area contributed by atoms with Crippen LogP contribution in [0.4, 0.5) is 0 Å². The van der Waals surface area contributed by atoms with Crippen LogP contribution < -0.4 is 5.73 Å². The molecule has 0 aliphatic carbocycles. The first-order valence-electron chi connectivity index (χ1n) is 5.81. The van der Waals surface area contributed by atoms with E-state index in [1.807, 2.05) is 38.1 Å². The smallest absolute Gasteiger partial charge is 0.236 e. The highest BCUT2D eigenvalue weighted by molar-refractivity contribution is 5.85. The van der Waals surface area contributed by atoms with Crippen molar-refractivity contribution >= 4 is 18.3 Å². The van der Waals surface area contributed by atoms with Gasteiger partial charge in [0.15, 0.2) is 0 Å². The molecule has 0 radical (unpaired) electrons. The molecule has 1 unspecified atom stereocenters. The molecule has 0 bridgehead atoms. The molecular formula is C13H21ClN2O2. The maximum atomic E-state index is 11.5. The van der Waals surface area contributed by atoms with Gasteiger partial charge >= 0.3 is 0 Å². The van der Waals surface area contributed by atoms with Crippen molar-refractivity contribution in [3.63, 3.8) is 0 Å². The van der Waals surface area contributed by atoms with Crippen LogP contribution >= 0.6 is 12.4 Å². The molecular weight excluding hydrogens is 252 g/mol. The van der Waals surface area contributed by atoms with Crippen LogP contribution in [0.1, 0.15) is 24.2 Å². The van der Waals surface area contributed by atoms with Crippen LogP contribution in [0.25, 0.3) is 0 Å². The minimum absolute atomic E-state index is 0. The average molecular weight is 273 g/mol. The number of nitrogens with zero attached hydrogens (tertiary/aromatic N) is 1. The van der Waals surface area contributed by atoms with Gasteiger partial charge in [-0.05, 0) is 19.4 Å². The molecule has 1 amide bonds. The number of carbonyl (C=O) groups is 1. The average Bonchev–Trinajstić information content (AvgIpc) is 2.35. The van der Waals surface area contributed by atoms with Gasteiger partial charge in [0.05, 0.1) is 19.2 Å². The number of amides is 1. The first-order valence-corrected chi connectivity index (χ1v) is 5.81. The fourth-order valence-electron chi connectivity index (χ4n) is 1.64. The summed E-state index contributed by atoms with van der Waals surface area (Å²) in [7, 11) is 0. The van der Waals surface area contributed by atoms with E-state index in [4.69, 9.17) is 5.73 Å². The second kappa shape index (κ2) is 8.08. The predicted octanol–water partition coefficient (Wildman–Crippen LogP) is 1.26. The third-order valence-electron chi connectivity index (χ3n) is 2.76. The van der Waals surface area contributed by atoms with E-state index in [0.29, 0.717) is 6.54 Å². The summed E-state index contributed by atoms with van der Waals surface area (Å²) in [6.45, 7) is 4.69. The number of aliphatic hydroxyl groups excluding tert-OH is 1. The minimum Gasteiger partial charge on any atom is -0.387 e. The van der Waals surface area contributed by atoms with E-state index >= 15 is 0 Å². The highest BCUT2D eigenvalue weighted by atomic mass is 35.5. The molecule has 0 fully saturated rings. The quantitative estimate of drug-likeness (QED) is 0.848. The molecule has 0 aliphatic heterocycles. The van der Waals surface area contributed by atoms with Gasteiger partial charge in [0.2, 0.25) is 5.91 Å². The Hall–Kier alpha value is -1.10. The van der Waals surface area contributed by atoms with Crippen molar-refractivity contribution in [3.05, 3.63) is 35.4 Å². The van der Waals surface area contributed by atoms with Crippen molar-refractivity contribution in [1.82, 2.24) is 4.90 Å². The van der Waals surface area contributed by atoms with Crippen molar-refractivity contribution < 1.29 is 9.90 Å². The van der Waals surface area contributed by atoms with Crippen molar-refractivity contribution in [3.8, 4) is 0 Å². The zero-order valence-corrected chi connectivity index (χ0v) is 11.6. The Bertz CT molecular complexity index is 368. The predicted molar refractivity (Wildman–Crippen MR) is 74.7 cm³/mol. The Morgan fingerprint density at radius 3 is 2.39 bits per heavy atom. The van der Waals surface area contributed by atoms with Gasteiger partial charge in [-0.15, -0.1) is 12.4 Å². The van der Waals surface area contributed by atoms with E-state index in [9.17, 15) is 9.90 Å². The van der Waals surface area contributed by atoms with Gasteiger partial charge in [-0.2, -0.15) is 0 Å². The van der Waals surface area contributed by atoms with E-state index in [2.05, 4.69) is 0 Å². The lowest BCUT2D eigenvalue weighted by atomic mass is 10.1. The van der Waals surface area contributed by atoms with Crippen LogP contribution in [0, 0.1) is 6.92 Å². The molecule has 0 spiro atoms. The van der Waals surface area contributed by atoms with Crippen LogP contribution in [0.2, 0.25) is 0 Å². The van der Waals surface area contributed by atoms with Gasteiger partial charge in [-0.1, -0.05) is 29.8 Å². The molecule has 0 aliphatic rings. The maximum absolute atomic E-state index is 11.5. The molecule has 0 saturated carbocycles. The maximum Gasteiger partial charge on any atom is 0.236 e. The van der Waals surface area contributed by atoms with E-state index in [1.165, 1.54) is 0 Å². The number of halogens is 1. The van der Waals surface area contributed by atoms with Gasteiger partial charge in [-0.25, -0.2) is 0 Å². The molecule has 1 rings (SSSR count). The van der Waals surface area contributed by atoms with E-state index in [1.54, 1.807) is 4.90 Å². The molecule has 0 heterocycles. The van der Waals surface area contributed by atoms with Crippen LogP contribution in [0.3, 0.4) is 0 Å². The van der Waals surface area contributed by atoms with Gasteiger partial charge < -0.3 is 15.7 Å². The Morgan fingerprint density at radius 1 is 1.39 bits per heavy atom. The molecule has 0 saturated heterocycles. The number of rotatable bonds is 5. The number of carbonyl (C=O) groups excluding carboxylic acids is 1. The highest BCUT2D eigenvalue weighted by Crippen LogP contribution is 2.15. The van der Waals surface area contributed by atoms with Crippen LogP contribution in [0.15, 0.2) is 24.3 Å². The molecule has 1 aromatic rings. The van der Waals surface area contributed by atoms with E-state index in [0.717, 1.165) is 11.1 Å². The molecule has 102 valence electrons. The Kier molecular flexibility index (Phi) is 7.59. The summed E-state index contributed by atoms with van der Waals surface area (Å²) in [6.07, 6.45) is -0.661. The molecule has 1 aromatic carbocycles. The van der Waals surface area contributed by atoms with E-state index < -0.39 is 6.10 Å². The number of aryl methyl sites for hydroxylation is 1.